The number of benzene rings is 1. The number of rotatable bonds is 4. The highest BCUT2D eigenvalue weighted by atomic mass is 19.1. The zero-order chi connectivity index (χ0) is 23.8. The van der Waals surface area contributed by atoms with Crippen molar-refractivity contribution in [3.8, 4) is 0 Å². The van der Waals surface area contributed by atoms with Crippen molar-refractivity contribution in [1.82, 2.24) is 25.3 Å². The number of fused-ring (bicyclic) bond motifs is 1. The van der Waals surface area contributed by atoms with Gasteiger partial charge in [0.25, 0.3) is 11.5 Å². The summed E-state index contributed by atoms with van der Waals surface area (Å²) in [6.45, 7) is 8.25. The standard InChI is InChI=1S/C24H31FN6O3/c1-15-17-13-21(30-10-8-29(9-11-30)14-16-4-6-26-7-5-16)19(25)12-18(17)24(34)31(28-15)20-2-3-22(32)27-23(20)33/h12-13,16,20,26H,2-11,14H2,1H3,(H,27,32,33). The summed E-state index contributed by atoms with van der Waals surface area (Å²) in [6, 6.07) is 2.11. The van der Waals surface area contributed by atoms with Crippen molar-refractivity contribution < 1.29 is 14.0 Å². The molecule has 3 fully saturated rings. The number of nitrogens with one attached hydrogen (secondary N) is 2. The SMILES string of the molecule is Cc1nn(C2CCC(=O)NC2=O)c(=O)c2cc(F)c(N3CCN(CC4CCNCC4)CC3)cc12. The lowest BCUT2D eigenvalue weighted by atomic mass is 9.97. The molecule has 1 aromatic heterocycles. The molecule has 4 heterocycles. The van der Waals surface area contributed by atoms with Crippen molar-refractivity contribution in [2.75, 3.05) is 50.7 Å². The number of halogens is 1. The van der Waals surface area contributed by atoms with Crippen LogP contribution in [0.5, 0.6) is 0 Å². The maximum Gasteiger partial charge on any atom is 0.275 e. The van der Waals surface area contributed by atoms with Crippen molar-refractivity contribution in [3.63, 3.8) is 0 Å². The van der Waals surface area contributed by atoms with E-state index in [1.165, 1.54) is 18.9 Å². The lowest BCUT2D eigenvalue weighted by Crippen LogP contribution is -2.49. The van der Waals surface area contributed by atoms with Crippen LogP contribution in [0.2, 0.25) is 0 Å². The molecule has 182 valence electrons. The van der Waals surface area contributed by atoms with E-state index < -0.39 is 23.3 Å². The quantitative estimate of drug-likeness (QED) is 0.642. The number of nitrogens with zero attached hydrogens (tertiary/aromatic N) is 4. The van der Waals surface area contributed by atoms with Gasteiger partial charge in [0.15, 0.2) is 0 Å². The van der Waals surface area contributed by atoms with Gasteiger partial charge in [0.2, 0.25) is 5.91 Å². The van der Waals surface area contributed by atoms with E-state index in [4.69, 9.17) is 0 Å². The van der Waals surface area contributed by atoms with E-state index >= 15 is 4.39 Å². The van der Waals surface area contributed by atoms with E-state index in [2.05, 4.69) is 20.6 Å². The third-order valence-electron chi connectivity index (χ3n) is 7.37. The van der Waals surface area contributed by atoms with Crippen LogP contribution in [0.4, 0.5) is 10.1 Å². The van der Waals surface area contributed by atoms with Gasteiger partial charge < -0.3 is 10.2 Å². The molecule has 2 aromatic rings. The summed E-state index contributed by atoms with van der Waals surface area (Å²) in [7, 11) is 0. The van der Waals surface area contributed by atoms with Crippen molar-refractivity contribution in [2.45, 2.75) is 38.6 Å². The Bertz CT molecular complexity index is 1170. The fraction of sp³-hybridized carbons (Fsp3) is 0.583. The maximum atomic E-state index is 15.2. The van der Waals surface area contributed by atoms with Crippen LogP contribution >= 0.6 is 0 Å². The number of amides is 2. The zero-order valence-electron chi connectivity index (χ0n) is 19.5. The van der Waals surface area contributed by atoms with Gasteiger partial charge in [-0.3, -0.25) is 24.6 Å². The van der Waals surface area contributed by atoms with Gasteiger partial charge in [0.1, 0.15) is 11.9 Å². The second-order valence-corrected chi connectivity index (χ2v) is 9.63. The highest BCUT2D eigenvalue weighted by molar-refractivity contribution is 5.99. The first kappa shape index (κ1) is 22.9. The molecule has 34 heavy (non-hydrogen) atoms. The average molecular weight is 471 g/mol. The third kappa shape index (κ3) is 4.44. The van der Waals surface area contributed by atoms with Crippen LogP contribution in [0, 0.1) is 18.7 Å². The number of imide groups is 1. The Morgan fingerprint density at radius 3 is 2.47 bits per heavy atom. The minimum Gasteiger partial charge on any atom is -0.367 e. The number of anilines is 1. The first-order chi connectivity index (χ1) is 16.4. The van der Waals surface area contributed by atoms with E-state index in [0.717, 1.165) is 56.4 Å². The van der Waals surface area contributed by atoms with Gasteiger partial charge in [-0.15, -0.1) is 0 Å². The molecule has 5 rings (SSSR count). The highest BCUT2D eigenvalue weighted by Crippen LogP contribution is 2.28. The Labute approximate surface area is 197 Å². The first-order valence-electron chi connectivity index (χ1n) is 12.1. The van der Waals surface area contributed by atoms with Crippen LogP contribution in [0.15, 0.2) is 16.9 Å². The highest BCUT2D eigenvalue weighted by Gasteiger charge is 2.31. The first-order valence-corrected chi connectivity index (χ1v) is 12.1. The molecule has 2 amide bonds. The number of piperidine rings is 2. The van der Waals surface area contributed by atoms with Gasteiger partial charge in [-0.1, -0.05) is 0 Å². The van der Waals surface area contributed by atoms with Crippen LogP contribution < -0.4 is 21.1 Å². The van der Waals surface area contributed by atoms with Crippen LogP contribution in [0.1, 0.15) is 37.4 Å². The van der Waals surface area contributed by atoms with Crippen LogP contribution in [0.3, 0.4) is 0 Å². The van der Waals surface area contributed by atoms with E-state index in [1.54, 1.807) is 13.0 Å². The van der Waals surface area contributed by atoms with Gasteiger partial charge in [-0.05, 0) is 57.3 Å². The Hall–Kier alpha value is -2.85. The number of hydrogen-bond acceptors (Lipinski definition) is 7. The summed E-state index contributed by atoms with van der Waals surface area (Å²) < 4.78 is 16.3. The molecule has 0 aliphatic carbocycles. The molecular weight excluding hydrogens is 439 g/mol. The van der Waals surface area contributed by atoms with E-state index in [0.29, 0.717) is 16.8 Å². The topological polar surface area (TPSA) is 99.6 Å². The van der Waals surface area contributed by atoms with Crippen molar-refractivity contribution >= 4 is 28.3 Å². The number of carbonyl (C=O) groups is 2. The molecule has 2 N–H and O–H groups in total. The second kappa shape index (κ2) is 9.42. The lowest BCUT2D eigenvalue weighted by molar-refractivity contribution is -0.136. The molecule has 0 spiro atoms. The van der Waals surface area contributed by atoms with Gasteiger partial charge in [-0.2, -0.15) is 5.10 Å². The predicted molar refractivity (Wildman–Crippen MR) is 126 cm³/mol. The van der Waals surface area contributed by atoms with Crippen LogP contribution in [0.25, 0.3) is 10.8 Å². The molecular formula is C24H31FN6O3. The van der Waals surface area contributed by atoms with Gasteiger partial charge in [0.05, 0.1) is 16.8 Å². The fourth-order valence-corrected chi connectivity index (χ4v) is 5.39. The van der Waals surface area contributed by atoms with E-state index in [1.807, 2.05) is 4.90 Å². The molecule has 1 aromatic carbocycles. The van der Waals surface area contributed by atoms with Gasteiger partial charge in [0, 0.05) is 44.5 Å². The molecule has 3 saturated heterocycles. The normalized spacial score (nSPS) is 22.9. The zero-order valence-corrected chi connectivity index (χ0v) is 19.5. The summed E-state index contributed by atoms with van der Waals surface area (Å²) in [5, 5.41) is 10.8. The number of piperazine rings is 1. The molecule has 10 heteroatoms. The maximum absolute atomic E-state index is 15.2. The minimum absolute atomic E-state index is 0.137. The smallest absolute Gasteiger partial charge is 0.275 e. The molecule has 0 bridgehead atoms. The van der Waals surface area contributed by atoms with Gasteiger partial charge >= 0.3 is 0 Å². The molecule has 3 aliphatic heterocycles. The van der Waals surface area contributed by atoms with E-state index in [-0.39, 0.29) is 24.1 Å². The molecule has 9 nitrogen and oxygen atoms in total. The second-order valence-electron chi connectivity index (χ2n) is 9.63. The number of aryl methyl sites for hydroxylation is 1. The Morgan fingerprint density at radius 2 is 1.76 bits per heavy atom. The average Bonchev–Trinajstić information content (AvgIpc) is 2.83. The lowest BCUT2D eigenvalue weighted by Gasteiger charge is -2.38. The fourth-order valence-electron chi connectivity index (χ4n) is 5.39. The third-order valence-corrected chi connectivity index (χ3v) is 7.37. The van der Waals surface area contributed by atoms with Crippen LogP contribution in [-0.4, -0.2) is 72.3 Å². The van der Waals surface area contributed by atoms with Crippen molar-refractivity contribution in [1.29, 1.82) is 0 Å². The molecule has 0 radical (unpaired) electrons. The minimum atomic E-state index is -0.871. The Balaban J connectivity index is 1.36. The number of hydrogen-bond donors (Lipinski definition) is 2. The number of aromatic nitrogens is 2. The largest absolute Gasteiger partial charge is 0.367 e. The molecule has 3 aliphatic rings. The predicted octanol–water partition coefficient (Wildman–Crippen LogP) is 0.943. The summed E-state index contributed by atoms with van der Waals surface area (Å²) in [5.74, 6) is -0.635. The summed E-state index contributed by atoms with van der Waals surface area (Å²) in [4.78, 5) is 41.4. The Morgan fingerprint density at radius 1 is 1.03 bits per heavy atom. The van der Waals surface area contributed by atoms with Gasteiger partial charge in [-0.25, -0.2) is 9.07 Å². The monoisotopic (exact) mass is 470 g/mol. The molecule has 0 saturated carbocycles. The summed E-state index contributed by atoms with van der Waals surface area (Å²) >= 11 is 0. The van der Waals surface area contributed by atoms with Crippen molar-refractivity contribution in [2.24, 2.45) is 5.92 Å². The number of carbonyl (C=O) groups excluding carboxylic acids is 2. The van der Waals surface area contributed by atoms with Crippen LogP contribution in [-0.2, 0) is 9.59 Å². The molecule has 1 atom stereocenters. The molecule has 1 unspecified atom stereocenters. The summed E-state index contributed by atoms with van der Waals surface area (Å²) in [6.07, 6.45) is 2.76. The van der Waals surface area contributed by atoms with E-state index in [9.17, 15) is 14.4 Å². The van der Waals surface area contributed by atoms with Crippen molar-refractivity contribution in [3.05, 3.63) is 34.0 Å². The summed E-state index contributed by atoms with van der Waals surface area (Å²) in [5.41, 5.74) is 0.509. The Kier molecular flexibility index (Phi) is 6.35.